The monoisotopic (exact) mass is 389 g/mol. The molecule has 1 aliphatic carbocycles. The molecule has 136 valence electrons. The largest absolute Gasteiger partial charge is 0.465 e. The molecule has 2 aromatic rings. The second kappa shape index (κ2) is 8.06. The quantitative estimate of drug-likeness (QED) is 0.593. The maximum Gasteiger partial charge on any atom is 0.341 e. The van der Waals surface area contributed by atoms with Crippen LogP contribution in [0.5, 0.6) is 0 Å². The smallest absolute Gasteiger partial charge is 0.341 e. The molecule has 6 heteroatoms. The Balaban J connectivity index is 1.82. The van der Waals surface area contributed by atoms with Gasteiger partial charge in [-0.05, 0) is 54.5 Å². The first-order chi connectivity index (χ1) is 12.5. The number of thiophene rings is 1. The van der Waals surface area contributed by atoms with Gasteiger partial charge in [-0.3, -0.25) is 4.79 Å². The van der Waals surface area contributed by atoms with Crippen LogP contribution in [0.3, 0.4) is 0 Å². The van der Waals surface area contributed by atoms with Gasteiger partial charge in [0.1, 0.15) is 5.00 Å². The normalized spacial score (nSPS) is 16.3. The molecule has 1 aromatic carbocycles. The summed E-state index contributed by atoms with van der Waals surface area (Å²) in [4.78, 5) is 25.7. The minimum Gasteiger partial charge on any atom is -0.465 e. The lowest BCUT2D eigenvalue weighted by molar-refractivity contribution is -0.111. The first-order valence-electron chi connectivity index (χ1n) is 8.45. The highest BCUT2D eigenvalue weighted by Gasteiger charge is 2.28. The Morgan fingerprint density at radius 3 is 2.92 bits per heavy atom. The number of halogens is 1. The highest BCUT2D eigenvalue weighted by atomic mass is 35.5. The number of ether oxygens (including phenoxy) is 1. The van der Waals surface area contributed by atoms with Crippen molar-refractivity contribution in [3.63, 3.8) is 0 Å². The van der Waals surface area contributed by atoms with E-state index in [4.69, 9.17) is 16.3 Å². The maximum absolute atomic E-state index is 12.3. The topological polar surface area (TPSA) is 55.4 Å². The summed E-state index contributed by atoms with van der Waals surface area (Å²) in [7, 11) is 1.36. The van der Waals surface area contributed by atoms with E-state index in [1.54, 1.807) is 18.2 Å². The number of fused-ring (bicyclic) bond motifs is 1. The molecule has 0 saturated heterocycles. The van der Waals surface area contributed by atoms with Crippen LogP contribution in [0.25, 0.3) is 6.08 Å². The van der Waals surface area contributed by atoms with Gasteiger partial charge in [0.05, 0.1) is 12.7 Å². The van der Waals surface area contributed by atoms with E-state index in [1.807, 2.05) is 12.1 Å². The fourth-order valence-electron chi connectivity index (χ4n) is 3.09. The lowest BCUT2D eigenvalue weighted by atomic mass is 9.88. The lowest BCUT2D eigenvalue weighted by Crippen LogP contribution is -2.14. The van der Waals surface area contributed by atoms with Crippen molar-refractivity contribution in [3.8, 4) is 0 Å². The molecule has 1 heterocycles. The van der Waals surface area contributed by atoms with Gasteiger partial charge in [-0.1, -0.05) is 30.7 Å². The van der Waals surface area contributed by atoms with Crippen molar-refractivity contribution in [3.05, 3.63) is 56.9 Å². The molecule has 0 saturated carbocycles. The number of rotatable bonds is 4. The van der Waals surface area contributed by atoms with Gasteiger partial charge in [-0.2, -0.15) is 0 Å². The standard InChI is InChI=1S/C20H20ClNO3S/c1-12-6-8-15-16(10-12)26-19(18(15)20(24)25-2)22-17(23)9-7-13-4-3-5-14(21)11-13/h3-5,7,9,11-12H,6,8,10H2,1-2H3,(H,22,23)/b9-7+. The van der Waals surface area contributed by atoms with Crippen LogP contribution in [-0.2, 0) is 22.4 Å². The number of esters is 1. The van der Waals surface area contributed by atoms with E-state index in [0.29, 0.717) is 21.5 Å². The van der Waals surface area contributed by atoms with Crippen molar-refractivity contribution < 1.29 is 14.3 Å². The minimum atomic E-state index is -0.397. The molecule has 3 rings (SSSR count). The number of anilines is 1. The highest BCUT2D eigenvalue weighted by Crippen LogP contribution is 2.40. The molecule has 1 unspecified atom stereocenters. The molecule has 1 aromatic heterocycles. The van der Waals surface area contributed by atoms with Gasteiger partial charge < -0.3 is 10.1 Å². The summed E-state index contributed by atoms with van der Waals surface area (Å²) in [5.41, 5.74) is 2.36. The third-order valence-electron chi connectivity index (χ3n) is 4.41. The Bertz CT molecular complexity index is 872. The average molecular weight is 390 g/mol. The summed E-state index contributed by atoms with van der Waals surface area (Å²) < 4.78 is 4.94. The third kappa shape index (κ3) is 4.17. The van der Waals surface area contributed by atoms with Crippen molar-refractivity contribution >= 4 is 45.9 Å². The van der Waals surface area contributed by atoms with Gasteiger partial charge in [-0.15, -0.1) is 11.3 Å². The van der Waals surface area contributed by atoms with Crippen LogP contribution in [0.2, 0.25) is 5.02 Å². The number of carbonyl (C=O) groups excluding carboxylic acids is 2. The summed E-state index contributed by atoms with van der Waals surface area (Å²) >= 11 is 7.42. The zero-order valence-electron chi connectivity index (χ0n) is 14.7. The Hall–Kier alpha value is -2.11. The van der Waals surface area contributed by atoms with E-state index < -0.39 is 5.97 Å². The molecule has 1 amide bonds. The van der Waals surface area contributed by atoms with Gasteiger partial charge in [0.15, 0.2) is 0 Å². The molecular formula is C20H20ClNO3S. The van der Waals surface area contributed by atoms with Crippen molar-refractivity contribution in [2.75, 3.05) is 12.4 Å². The molecule has 26 heavy (non-hydrogen) atoms. The molecule has 1 aliphatic rings. The molecule has 0 spiro atoms. The van der Waals surface area contributed by atoms with Gasteiger partial charge >= 0.3 is 5.97 Å². The van der Waals surface area contributed by atoms with E-state index >= 15 is 0 Å². The van der Waals surface area contributed by atoms with Crippen LogP contribution in [-0.4, -0.2) is 19.0 Å². The number of amides is 1. The molecule has 4 nitrogen and oxygen atoms in total. The zero-order valence-corrected chi connectivity index (χ0v) is 16.2. The van der Waals surface area contributed by atoms with Gasteiger partial charge in [-0.25, -0.2) is 4.79 Å². The molecule has 0 aliphatic heterocycles. The molecule has 1 atom stereocenters. The molecule has 0 radical (unpaired) electrons. The van der Waals surface area contributed by atoms with Crippen LogP contribution in [0, 0.1) is 5.92 Å². The minimum absolute atomic E-state index is 0.290. The second-order valence-corrected chi connectivity index (χ2v) is 7.97. The Morgan fingerprint density at radius 1 is 1.38 bits per heavy atom. The first kappa shape index (κ1) is 18.7. The van der Waals surface area contributed by atoms with Crippen LogP contribution < -0.4 is 5.32 Å². The number of hydrogen-bond acceptors (Lipinski definition) is 4. The predicted octanol–water partition coefficient (Wildman–Crippen LogP) is 4.96. The van der Waals surface area contributed by atoms with Crippen LogP contribution in [0.15, 0.2) is 30.3 Å². The third-order valence-corrected chi connectivity index (χ3v) is 5.82. The molecule has 1 N–H and O–H groups in total. The summed E-state index contributed by atoms with van der Waals surface area (Å²) in [5.74, 6) is -0.106. The summed E-state index contributed by atoms with van der Waals surface area (Å²) in [6.07, 6.45) is 5.93. The van der Waals surface area contributed by atoms with Crippen molar-refractivity contribution in [2.24, 2.45) is 5.92 Å². The van der Waals surface area contributed by atoms with Crippen molar-refractivity contribution in [1.29, 1.82) is 0 Å². The number of methoxy groups -OCH3 is 1. The molecule has 0 fully saturated rings. The molecular weight excluding hydrogens is 370 g/mol. The highest BCUT2D eigenvalue weighted by molar-refractivity contribution is 7.17. The first-order valence-corrected chi connectivity index (χ1v) is 9.65. The van der Waals surface area contributed by atoms with E-state index in [2.05, 4.69) is 12.2 Å². The zero-order chi connectivity index (χ0) is 18.7. The number of benzene rings is 1. The number of nitrogens with one attached hydrogen (secondary N) is 1. The van der Waals surface area contributed by atoms with E-state index in [0.717, 1.165) is 30.4 Å². The van der Waals surface area contributed by atoms with Crippen LogP contribution in [0.4, 0.5) is 5.00 Å². The van der Waals surface area contributed by atoms with E-state index in [-0.39, 0.29) is 5.91 Å². The van der Waals surface area contributed by atoms with Crippen LogP contribution >= 0.6 is 22.9 Å². The summed E-state index contributed by atoms with van der Waals surface area (Å²) in [5, 5.41) is 4.02. The Kier molecular flexibility index (Phi) is 5.79. The number of carbonyl (C=O) groups is 2. The molecule has 0 bridgehead atoms. The van der Waals surface area contributed by atoms with Crippen LogP contribution in [0.1, 0.15) is 39.7 Å². The second-order valence-electron chi connectivity index (χ2n) is 6.43. The SMILES string of the molecule is COC(=O)c1c(NC(=O)/C=C/c2cccc(Cl)c2)sc2c1CCC(C)C2. The Labute approximate surface area is 161 Å². The predicted molar refractivity (Wildman–Crippen MR) is 106 cm³/mol. The summed E-state index contributed by atoms with van der Waals surface area (Å²) in [6, 6.07) is 7.24. The van der Waals surface area contributed by atoms with E-state index in [9.17, 15) is 9.59 Å². The lowest BCUT2D eigenvalue weighted by Gasteiger charge is -2.18. The van der Waals surface area contributed by atoms with E-state index in [1.165, 1.54) is 29.4 Å². The fourth-order valence-corrected chi connectivity index (χ4v) is 4.69. The van der Waals surface area contributed by atoms with Gasteiger partial charge in [0, 0.05) is 16.0 Å². The fraction of sp³-hybridized carbons (Fsp3) is 0.300. The Morgan fingerprint density at radius 2 is 2.19 bits per heavy atom. The van der Waals surface area contributed by atoms with Crippen molar-refractivity contribution in [1.82, 2.24) is 0 Å². The maximum atomic E-state index is 12.3. The van der Waals surface area contributed by atoms with Gasteiger partial charge in [0.2, 0.25) is 5.91 Å². The average Bonchev–Trinajstić information content (AvgIpc) is 2.96. The van der Waals surface area contributed by atoms with Gasteiger partial charge in [0.25, 0.3) is 0 Å². The number of hydrogen-bond donors (Lipinski definition) is 1. The van der Waals surface area contributed by atoms with Crippen molar-refractivity contribution in [2.45, 2.75) is 26.2 Å². The summed E-state index contributed by atoms with van der Waals surface area (Å²) in [6.45, 7) is 2.20.